The van der Waals surface area contributed by atoms with Crippen molar-refractivity contribution in [2.75, 3.05) is 35.4 Å². The Kier molecular flexibility index (Phi) is 4.98. The Bertz CT molecular complexity index is 964. The Morgan fingerprint density at radius 3 is 2.56 bits per heavy atom. The van der Waals surface area contributed by atoms with E-state index in [1.54, 1.807) is 18.2 Å². The maximum absolute atomic E-state index is 14.4. The van der Waals surface area contributed by atoms with E-state index in [2.05, 4.69) is 14.9 Å². The van der Waals surface area contributed by atoms with E-state index in [0.717, 1.165) is 37.4 Å². The molecule has 0 unspecified atom stereocenters. The molecule has 1 saturated heterocycles. The number of benzene rings is 2. The largest absolute Gasteiger partial charge is 0.369 e. The van der Waals surface area contributed by atoms with Gasteiger partial charge in [0.05, 0.1) is 17.3 Å². The van der Waals surface area contributed by atoms with Gasteiger partial charge < -0.3 is 10.2 Å². The van der Waals surface area contributed by atoms with Crippen LogP contribution in [-0.4, -0.2) is 34.6 Å². The van der Waals surface area contributed by atoms with E-state index < -0.39 is 16.0 Å². The molecule has 6 nitrogen and oxygen atoms in total. The molecule has 27 heavy (non-hydrogen) atoms. The minimum Gasteiger partial charge on any atom is -0.369 e. The summed E-state index contributed by atoms with van der Waals surface area (Å²) >= 11 is 5.86. The van der Waals surface area contributed by atoms with E-state index in [0.29, 0.717) is 5.69 Å². The van der Waals surface area contributed by atoms with Crippen LogP contribution in [0.5, 0.6) is 0 Å². The van der Waals surface area contributed by atoms with Crippen molar-refractivity contribution < 1.29 is 12.8 Å². The molecule has 0 aromatic heterocycles. The van der Waals surface area contributed by atoms with Crippen LogP contribution in [0.4, 0.5) is 15.8 Å². The van der Waals surface area contributed by atoms with Gasteiger partial charge in [-0.05, 0) is 18.2 Å². The molecule has 9 heteroatoms. The average Bonchev–Trinajstić information content (AvgIpc) is 2.67. The Hall–Kier alpha value is -1.87. The van der Waals surface area contributed by atoms with Crippen LogP contribution >= 0.6 is 11.6 Å². The normalized spacial score (nSPS) is 19.0. The van der Waals surface area contributed by atoms with Crippen LogP contribution in [-0.2, 0) is 23.3 Å². The van der Waals surface area contributed by atoms with E-state index in [1.165, 1.54) is 10.4 Å². The number of nitrogens with one attached hydrogen (secondary N) is 2. The number of halogens is 2. The second-order valence-electron chi connectivity index (χ2n) is 6.56. The first-order valence-electron chi connectivity index (χ1n) is 8.75. The van der Waals surface area contributed by atoms with Crippen LogP contribution in [0.25, 0.3) is 0 Å². The zero-order chi connectivity index (χ0) is 19.0. The fourth-order valence-corrected chi connectivity index (χ4v) is 4.96. The van der Waals surface area contributed by atoms with Gasteiger partial charge in [-0.15, -0.1) is 0 Å². The van der Waals surface area contributed by atoms with Gasteiger partial charge in [0.2, 0.25) is 0 Å². The smallest absolute Gasteiger partial charge is 0.302 e. The van der Waals surface area contributed by atoms with Gasteiger partial charge >= 0.3 is 10.2 Å². The highest BCUT2D eigenvalue weighted by molar-refractivity contribution is 7.90. The van der Waals surface area contributed by atoms with Crippen molar-refractivity contribution in [3.05, 3.63) is 58.4 Å². The lowest BCUT2D eigenvalue weighted by Crippen LogP contribution is -2.47. The van der Waals surface area contributed by atoms with Crippen LogP contribution in [0.3, 0.4) is 0 Å². The third-order valence-corrected chi connectivity index (χ3v) is 6.63. The van der Waals surface area contributed by atoms with Gasteiger partial charge in [-0.3, -0.25) is 4.31 Å². The van der Waals surface area contributed by atoms with Crippen LogP contribution in [0.1, 0.15) is 11.1 Å². The minimum atomic E-state index is -3.77. The van der Waals surface area contributed by atoms with Crippen LogP contribution < -0.4 is 19.2 Å². The molecule has 0 amide bonds. The molecule has 0 bridgehead atoms. The van der Waals surface area contributed by atoms with Crippen molar-refractivity contribution in [1.82, 2.24) is 10.0 Å². The number of hydrogen-bond donors (Lipinski definition) is 2. The van der Waals surface area contributed by atoms with Crippen molar-refractivity contribution >= 4 is 33.2 Å². The van der Waals surface area contributed by atoms with E-state index in [-0.39, 0.29) is 23.7 Å². The first-order chi connectivity index (χ1) is 13.0. The number of nitrogens with zero attached hydrogens (tertiary/aromatic N) is 2. The molecular formula is C18H20ClFN4O2S. The number of hydrogen-bond acceptors (Lipinski definition) is 4. The monoisotopic (exact) mass is 410 g/mol. The summed E-state index contributed by atoms with van der Waals surface area (Å²) in [6, 6.07) is 10.2. The third kappa shape index (κ3) is 3.50. The van der Waals surface area contributed by atoms with Crippen molar-refractivity contribution in [3.63, 3.8) is 0 Å². The molecule has 2 aromatic rings. The molecule has 144 valence electrons. The van der Waals surface area contributed by atoms with Crippen molar-refractivity contribution in [3.8, 4) is 0 Å². The SMILES string of the molecule is O=S1(=O)NCc2c(N3CCNCC3)cccc2N1Cc1cccc(Cl)c1F. The maximum atomic E-state index is 14.4. The van der Waals surface area contributed by atoms with Gasteiger partial charge in [0.1, 0.15) is 5.82 Å². The fraction of sp³-hybridized carbons (Fsp3) is 0.333. The average molecular weight is 411 g/mol. The van der Waals surface area contributed by atoms with Gasteiger partial charge in [-0.1, -0.05) is 29.8 Å². The van der Waals surface area contributed by atoms with Crippen molar-refractivity contribution in [2.45, 2.75) is 13.1 Å². The molecule has 2 aliphatic heterocycles. The third-order valence-electron chi connectivity index (χ3n) is 4.92. The standard InChI is InChI=1S/C18H20ClFN4O2S/c19-15-4-1-3-13(18(15)20)12-24-17-6-2-5-16(23-9-7-21-8-10-23)14(17)11-22-27(24,25)26/h1-6,21-22H,7-12H2. The Labute approximate surface area is 163 Å². The van der Waals surface area contributed by atoms with Crippen LogP contribution in [0.15, 0.2) is 36.4 Å². The minimum absolute atomic E-state index is 0.0235. The summed E-state index contributed by atoms with van der Waals surface area (Å²) in [4.78, 5) is 2.24. The van der Waals surface area contributed by atoms with E-state index in [4.69, 9.17) is 11.6 Å². The summed E-state index contributed by atoms with van der Waals surface area (Å²) in [7, 11) is -3.77. The van der Waals surface area contributed by atoms with Crippen molar-refractivity contribution in [2.24, 2.45) is 0 Å². The molecule has 2 N–H and O–H groups in total. The number of piperazine rings is 1. The van der Waals surface area contributed by atoms with E-state index >= 15 is 0 Å². The van der Waals surface area contributed by atoms with Crippen LogP contribution in [0.2, 0.25) is 5.02 Å². The summed E-state index contributed by atoms with van der Waals surface area (Å²) in [5.41, 5.74) is 2.71. The summed E-state index contributed by atoms with van der Waals surface area (Å²) in [5.74, 6) is -0.597. The molecular weight excluding hydrogens is 391 g/mol. The fourth-order valence-electron chi connectivity index (χ4n) is 3.55. The van der Waals surface area contributed by atoms with Gasteiger partial charge in [-0.25, -0.2) is 4.39 Å². The first kappa shape index (κ1) is 18.5. The molecule has 0 spiro atoms. The van der Waals surface area contributed by atoms with E-state index in [1.807, 2.05) is 12.1 Å². The number of fused-ring (bicyclic) bond motifs is 1. The zero-order valence-electron chi connectivity index (χ0n) is 14.6. The molecule has 0 radical (unpaired) electrons. The number of anilines is 2. The molecule has 0 aliphatic carbocycles. The van der Waals surface area contributed by atoms with Gasteiger partial charge in [0.25, 0.3) is 0 Å². The Morgan fingerprint density at radius 2 is 1.78 bits per heavy atom. The van der Waals surface area contributed by atoms with E-state index in [9.17, 15) is 12.8 Å². The van der Waals surface area contributed by atoms with Gasteiger partial charge in [-0.2, -0.15) is 13.1 Å². The summed E-state index contributed by atoms with van der Waals surface area (Å²) in [5, 5.41) is 3.29. The second-order valence-corrected chi connectivity index (χ2v) is 8.64. The second kappa shape index (κ2) is 7.27. The first-order valence-corrected chi connectivity index (χ1v) is 10.6. The predicted molar refractivity (Wildman–Crippen MR) is 105 cm³/mol. The highest BCUT2D eigenvalue weighted by Crippen LogP contribution is 2.36. The topological polar surface area (TPSA) is 64.7 Å². The summed E-state index contributed by atoms with van der Waals surface area (Å²) in [6.07, 6.45) is 0. The highest BCUT2D eigenvalue weighted by Gasteiger charge is 2.32. The zero-order valence-corrected chi connectivity index (χ0v) is 16.2. The molecule has 1 fully saturated rings. The lowest BCUT2D eigenvalue weighted by molar-refractivity contribution is 0.565. The molecule has 2 heterocycles. The quantitative estimate of drug-likeness (QED) is 0.814. The molecule has 2 aromatic carbocycles. The molecule has 2 aliphatic rings. The van der Waals surface area contributed by atoms with Gasteiger partial charge in [0.15, 0.2) is 0 Å². The lowest BCUT2D eigenvalue weighted by Gasteiger charge is -2.36. The van der Waals surface area contributed by atoms with Crippen molar-refractivity contribution in [1.29, 1.82) is 0 Å². The molecule has 4 rings (SSSR count). The Balaban J connectivity index is 1.75. The Morgan fingerprint density at radius 1 is 1.07 bits per heavy atom. The molecule has 0 atom stereocenters. The lowest BCUT2D eigenvalue weighted by atomic mass is 10.1. The molecule has 0 saturated carbocycles. The summed E-state index contributed by atoms with van der Waals surface area (Å²) < 4.78 is 43.5. The predicted octanol–water partition coefficient (Wildman–Crippen LogP) is 2.24. The van der Waals surface area contributed by atoms with Crippen LogP contribution in [0, 0.1) is 5.82 Å². The maximum Gasteiger partial charge on any atom is 0.302 e. The summed E-state index contributed by atoms with van der Waals surface area (Å²) in [6.45, 7) is 3.56. The highest BCUT2D eigenvalue weighted by atomic mass is 35.5. The van der Waals surface area contributed by atoms with Gasteiger partial charge in [0, 0.05) is 49.5 Å². The number of rotatable bonds is 3.